The molecular weight excluding hydrogens is 302 g/mol. The number of carbonyl (C=O) groups is 1. The number of hydrogen-bond donors (Lipinski definition) is 1. The fraction of sp³-hybridized carbons (Fsp3) is 0.500. The predicted molar refractivity (Wildman–Crippen MR) is 80.9 cm³/mol. The number of piperidine rings is 1. The van der Waals surface area contributed by atoms with Gasteiger partial charge in [0.25, 0.3) is 5.91 Å². The molecule has 3 nitrogen and oxygen atoms in total. The Hall–Kier alpha value is -0.840. The molecule has 2 N–H and O–H groups in total. The molecule has 1 atom stereocenters. The van der Waals surface area contributed by atoms with Gasteiger partial charge in [0, 0.05) is 24.2 Å². The molecule has 1 saturated heterocycles. The number of benzene rings is 1. The van der Waals surface area contributed by atoms with Crippen LogP contribution in [-0.4, -0.2) is 29.9 Å². The van der Waals surface area contributed by atoms with Crippen molar-refractivity contribution in [2.45, 2.75) is 25.8 Å². The first kappa shape index (κ1) is 17.2. The maximum atomic E-state index is 13.7. The molecule has 2 rings (SSSR count). The average molecular weight is 321 g/mol. The zero-order valence-corrected chi connectivity index (χ0v) is 12.9. The highest BCUT2D eigenvalue weighted by atomic mass is 35.5. The van der Waals surface area contributed by atoms with Gasteiger partial charge in [0.2, 0.25) is 0 Å². The highest BCUT2D eigenvalue weighted by molar-refractivity contribution is 6.31. The summed E-state index contributed by atoms with van der Waals surface area (Å²) in [4.78, 5) is 13.9. The third-order valence-corrected chi connectivity index (χ3v) is 3.96. The van der Waals surface area contributed by atoms with Gasteiger partial charge in [0.05, 0.1) is 5.56 Å². The second kappa shape index (κ2) is 7.25. The molecule has 6 heteroatoms. The molecule has 0 aliphatic carbocycles. The normalized spacial score (nSPS) is 17.5. The van der Waals surface area contributed by atoms with Crippen molar-refractivity contribution in [1.82, 2.24) is 4.90 Å². The third-order valence-electron chi connectivity index (χ3n) is 3.73. The van der Waals surface area contributed by atoms with E-state index < -0.39 is 5.82 Å². The second-order valence-electron chi connectivity index (χ2n) is 5.11. The molecule has 1 fully saturated rings. The fourth-order valence-electron chi connectivity index (χ4n) is 2.46. The summed E-state index contributed by atoms with van der Waals surface area (Å²) in [5.41, 5.74) is 5.91. The Morgan fingerprint density at radius 2 is 2.05 bits per heavy atom. The Morgan fingerprint density at radius 3 is 2.60 bits per heavy atom. The average Bonchev–Trinajstić information content (AvgIpc) is 2.41. The minimum atomic E-state index is -0.524. The van der Waals surface area contributed by atoms with E-state index >= 15 is 0 Å². The molecule has 112 valence electrons. The first-order valence-corrected chi connectivity index (χ1v) is 6.86. The Kier molecular flexibility index (Phi) is 6.24. The third kappa shape index (κ3) is 3.84. The maximum Gasteiger partial charge on any atom is 0.256 e. The zero-order chi connectivity index (χ0) is 14.0. The van der Waals surface area contributed by atoms with Crippen LogP contribution in [0.3, 0.4) is 0 Å². The molecule has 1 heterocycles. The minimum absolute atomic E-state index is 0. The van der Waals surface area contributed by atoms with Gasteiger partial charge < -0.3 is 10.6 Å². The van der Waals surface area contributed by atoms with E-state index in [9.17, 15) is 9.18 Å². The van der Waals surface area contributed by atoms with E-state index in [1.165, 1.54) is 18.2 Å². The van der Waals surface area contributed by atoms with E-state index in [-0.39, 0.29) is 29.9 Å². The van der Waals surface area contributed by atoms with Crippen LogP contribution in [-0.2, 0) is 0 Å². The largest absolute Gasteiger partial charge is 0.339 e. The summed E-state index contributed by atoms with van der Waals surface area (Å²) < 4.78 is 13.7. The summed E-state index contributed by atoms with van der Waals surface area (Å²) in [6.45, 7) is 3.23. The number of rotatable bonds is 2. The molecule has 20 heavy (non-hydrogen) atoms. The van der Waals surface area contributed by atoms with Crippen LogP contribution in [0.5, 0.6) is 0 Å². The molecule has 0 spiro atoms. The van der Waals surface area contributed by atoms with Gasteiger partial charge in [-0.05, 0) is 43.9 Å². The summed E-state index contributed by atoms with van der Waals surface area (Å²) in [6.07, 6.45) is 1.73. The fourth-order valence-corrected chi connectivity index (χ4v) is 2.63. The number of carbonyl (C=O) groups excluding carboxylic acids is 1. The topological polar surface area (TPSA) is 46.3 Å². The van der Waals surface area contributed by atoms with Crippen molar-refractivity contribution < 1.29 is 9.18 Å². The molecule has 1 unspecified atom stereocenters. The van der Waals surface area contributed by atoms with E-state index in [0.29, 0.717) is 24.0 Å². The van der Waals surface area contributed by atoms with Gasteiger partial charge in [-0.2, -0.15) is 0 Å². The summed E-state index contributed by atoms with van der Waals surface area (Å²) in [6, 6.07) is 4.19. The van der Waals surface area contributed by atoms with Crippen molar-refractivity contribution in [3.63, 3.8) is 0 Å². The number of likely N-dealkylation sites (tertiary alicyclic amines) is 1. The lowest BCUT2D eigenvalue weighted by Crippen LogP contribution is -2.42. The zero-order valence-electron chi connectivity index (χ0n) is 11.3. The van der Waals surface area contributed by atoms with E-state index in [1.807, 2.05) is 6.92 Å². The van der Waals surface area contributed by atoms with Crippen LogP contribution in [0, 0.1) is 11.7 Å². The Labute approximate surface area is 129 Å². The SMILES string of the molecule is CC(N)C1CCN(C(=O)c2cc(Cl)ccc2F)CC1.Cl. The molecule has 1 aliphatic heterocycles. The van der Waals surface area contributed by atoms with Crippen molar-refractivity contribution in [3.8, 4) is 0 Å². The molecule has 0 radical (unpaired) electrons. The van der Waals surface area contributed by atoms with Gasteiger partial charge in [0.1, 0.15) is 5.82 Å². The lowest BCUT2D eigenvalue weighted by atomic mass is 9.90. The number of nitrogens with zero attached hydrogens (tertiary/aromatic N) is 1. The van der Waals surface area contributed by atoms with Gasteiger partial charge >= 0.3 is 0 Å². The van der Waals surface area contributed by atoms with Crippen molar-refractivity contribution >= 4 is 29.9 Å². The molecule has 0 bridgehead atoms. The molecule has 1 amide bonds. The summed E-state index contributed by atoms with van der Waals surface area (Å²) in [5.74, 6) is -0.375. The molecule has 0 saturated carbocycles. The van der Waals surface area contributed by atoms with Crippen molar-refractivity contribution in [3.05, 3.63) is 34.6 Å². The molecule has 1 aliphatic rings. The summed E-state index contributed by atoms with van der Waals surface area (Å²) >= 11 is 5.81. The van der Waals surface area contributed by atoms with Crippen molar-refractivity contribution in [2.75, 3.05) is 13.1 Å². The summed E-state index contributed by atoms with van der Waals surface area (Å²) in [7, 11) is 0. The van der Waals surface area contributed by atoms with Gasteiger partial charge in [0.15, 0.2) is 0 Å². The van der Waals surface area contributed by atoms with E-state index in [4.69, 9.17) is 17.3 Å². The monoisotopic (exact) mass is 320 g/mol. The molecule has 1 aromatic carbocycles. The highest BCUT2D eigenvalue weighted by Gasteiger charge is 2.26. The quantitative estimate of drug-likeness (QED) is 0.910. The number of hydrogen-bond acceptors (Lipinski definition) is 2. The van der Waals surface area contributed by atoms with Crippen LogP contribution >= 0.6 is 24.0 Å². The highest BCUT2D eigenvalue weighted by Crippen LogP contribution is 2.23. The lowest BCUT2D eigenvalue weighted by Gasteiger charge is -2.33. The Morgan fingerprint density at radius 1 is 1.45 bits per heavy atom. The van der Waals surface area contributed by atoms with Crippen LogP contribution in [0.25, 0.3) is 0 Å². The van der Waals surface area contributed by atoms with Crippen molar-refractivity contribution in [2.24, 2.45) is 11.7 Å². The molecule has 0 aromatic heterocycles. The minimum Gasteiger partial charge on any atom is -0.339 e. The van der Waals surface area contributed by atoms with Crippen LogP contribution in [0.4, 0.5) is 4.39 Å². The van der Waals surface area contributed by atoms with Gasteiger partial charge in [-0.15, -0.1) is 12.4 Å². The Bertz CT molecular complexity index is 474. The standard InChI is InChI=1S/C14H18ClFN2O.ClH/c1-9(17)10-4-6-18(7-5-10)14(19)12-8-11(15)2-3-13(12)16;/h2-3,8-10H,4-7,17H2,1H3;1H. The second-order valence-corrected chi connectivity index (χ2v) is 5.55. The first-order chi connectivity index (χ1) is 8.99. The number of nitrogens with two attached hydrogens (primary N) is 1. The molecular formula is C14H19Cl2FN2O. The van der Waals surface area contributed by atoms with E-state index in [1.54, 1.807) is 4.90 Å². The maximum absolute atomic E-state index is 13.7. The van der Waals surface area contributed by atoms with Gasteiger partial charge in [-0.25, -0.2) is 4.39 Å². The first-order valence-electron chi connectivity index (χ1n) is 6.49. The number of amides is 1. The van der Waals surface area contributed by atoms with Crippen molar-refractivity contribution in [1.29, 1.82) is 0 Å². The Balaban J connectivity index is 0.00000200. The molecule has 1 aromatic rings. The predicted octanol–water partition coefficient (Wildman–Crippen LogP) is 3.10. The van der Waals surface area contributed by atoms with Crippen LogP contribution in [0.2, 0.25) is 5.02 Å². The number of halogens is 3. The van der Waals surface area contributed by atoms with E-state index in [0.717, 1.165) is 12.8 Å². The lowest BCUT2D eigenvalue weighted by molar-refractivity contribution is 0.0676. The van der Waals surface area contributed by atoms with Crippen LogP contribution in [0.1, 0.15) is 30.1 Å². The van der Waals surface area contributed by atoms with Gasteiger partial charge in [-0.3, -0.25) is 4.79 Å². The van der Waals surface area contributed by atoms with Crippen LogP contribution < -0.4 is 5.73 Å². The van der Waals surface area contributed by atoms with Crippen LogP contribution in [0.15, 0.2) is 18.2 Å². The summed E-state index contributed by atoms with van der Waals surface area (Å²) in [5, 5.41) is 0.371. The smallest absolute Gasteiger partial charge is 0.256 e. The van der Waals surface area contributed by atoms with Gasteiger partial charge in [-0.1, -0.05) is 11.6 Å². The van der Waals surface area contributed by atoms with E-state index in [2.05, 4.69) is 0 Å².